The van der Waals surface area contributed by atoms with Gasteiger partial charge in [-0.1, -0.05) is 39.5 Å². The zero-order valence-corrected chi connectivity index (χ0v) is 22.6. The smallest absolute Gasteiger partial charge is 0.263 e. The van der Waals surface area contributed by atoms with Gasteiger partial charge in [-0.25, -0.2) is 18.1 Å². The summed E-state index contributed by atoms with van der Waals surface area (Å²) < 4.78 is 38.1. The largest absolute Gasteiger partial charge is 0.543 e. The molecule has 11 heteroatoms. The Morgan fingerprint density at radius 2 is 1.83 bits per heavy atom. The van der Waals surface area contributed by atoms with Crippen LogP contribution in [0.3, 0.4) is 0 Å². The summed E-state index contributed by atoms with van der Waals surface area (Å²) in [7, 11) is -4.12. The number of para-hydroxylation sites is 1. The van der Waals surface area contributed by atoms with Crippen molar-refractivity contribution < 1.29 is 12.8 Å². The van der Waals surface area contributed by atoms with Crippen LogP contribution in [0.15, 0.2) is 66.6 Å². The van der Waals surface area contributed by atoms with E-state index in [0.717, 1.165) is 10.9 Å². The molecule has 3 heterocycles. The van der Waals surface area contributed by atoms with Gasteiger partial charge in [0.15, 0.2) is 5.82 Å². The fraction of sp³-hybridized carbons (Fsp3) is 0.292. The molecule has 0 bridgehead atoms. The Labute approximate surface area is 206 Å². The van der Waals surface area contributed by atoms with E-state index in [0.29, 0.717) is 22.8 Å². The maximum absolute atomic E-state index is 13.0. The van der Waals surface area contributed by atoms with Gasteiger partial charge in [-0.15, -0.1) is 0 Å². The summed E-state index contributed by atoms with van der Waals surface area (Å²) in [6.45, 7) is 14.9. The molecule has 0 spiro atoms. The van der Waals surface area contributed by atoms with Crippen molar-refractivity contribution in [1.82, 2.24) is 24.5 Å². The van der Waals surface area contributed by atoms with Gasteiger partial charge < -0.3 is 4.43 Å². The molecular weight excluding hydrogens is 480 g/mol. The predicted octanol–water partition coefficient (Wildman–Crippen LogP) is 4.95. The third kappa shape index (κ3) is 4.87. The summed E-state index contributed by atoms with van der Waals surface area (Å²) in [4.78, 5) is 4.36. The number of nitrogens with one attached hydrogen (secondary N) is 1. The first-order chi connectivity index (χ1) is 16.3. The first-order valence-electron chi connectivity index (χ1n) is 11.1. The Kier molecular flexibility index (Phi) is 6.10. The number of hydrogen-bond acceptors (Lipinski definition) is 6. The Hall–Kier alpha value is -3.44. The lowest BCUT2D eigenvalue weighted by molar-refractivity contribution is 0.459. The fourth-order valence-electron chi connectivity index (χ4n) is 3.30. The molecule has 4 aromatic rings. The third-order valence-corrected chi connectivity index (χ3v) is 12.1. The highest BCUT2D eigenvalue weighted by Gasteiger charge is 2.39. The number of anilines is 1. The van der Waals surface area contributed by atoms with Gasteiger partial charge in [-0.05, 0) is 36.3 Å². The lowest BCUT2D eigenvalue weighted by Crippen LogP contribution is -2.40. The van der Waals surface area contributed by atoms with Crippen LogP contribution in [-0.2, 0) is 21.5 Å². The predicted molar refractivity (Wildman–Crippen MR) is 140 cm³/mol. The molecule has 3 aromatic heterocycles. The summed E-state index contributed by atoms with van der Waals surface area (Å²) in [5, 5.41) is 9.44. The van der Waals surface area contributed by atoms with Gasteiger partial charge in [0.1, 0.15) is 10.7 Å². The van der Waals surface area contributed by atoms with Gasteiger partial charge in [0, 0.05) is 24.8 Å². The summed E-state index contributed by atoms with van der Waals surface area (Å²) in [5.74, 6) is 1.04. The minimum Gasteiger partial charge on any atom is -0.543 e. The first kappa shape index (κ1) is 24.7. The van der Waals surface area contributed by atoms with Gasteiger partial charge in [0.05, 0.1) is 29.2 Å². The van der Waals surface area contributed by atoms with Crippen molar-refractivity contribution >= 4 is 40.7 Å². The first-order valence-corrected chi connectivity index (χ1v) is 15.5. The molecule has 4 rings (SSSR count). The molecule has 35 heavy (non-hydrogen) atoms. The molecule has 0 aliphatic carbocycles. The van der Waals surface area contributed by atoms with Crippen LogP contribution in [0, 0.1) is 0 Å². The van der Waals surface area contributed by atoms with Gasteiger partial charge >= 0.3 is 0 Å². The number of nitrogens with zero attached hydrogens (tertiary/aromatic N) is 5. The summed E-state index contributed by atoms with van der Waals surface area (Å²) in [5.41, 5.74) is 1.90. The molecular formula is C24H30N6O3SSi. The molecule has 184 valence electrons. The van der Waals surface area contributed by atoms with Crippen LogP contribution < -0.4 is 4.72 Å². The van der Waals surface area contributed by atoms with Gasteiger partial charge in [-0.2, -0.15) is 10.2 Å². The number of sulfonamides is 1. The summed E-state index contributed by atoms with van der Waals surface area (Å²) in [6.07, 6.45) is 6.43. The highest BCUT2D eigenvalue weighted by molar-refractivity contribution is 7.92. The molecule has 0 fully saturated rings. The van der Waals surface area contributed by atoms with E-state index < -0.39 is 18.3 Å². The normalized spacial score (nSPS) is 12.6. The van der Waals surface area contributed by atoms with Gasteiger partial charge in [0.25, 0.3) is 10.0 Å². The average molecular weight is 511 g/mol. The molecule has 0 saturated heterocycles. The maximum Gasteiger partial charge on any atom is 0.263 e. The second-order valence-electron chi connectivity index (χ2n) is 9.93. The second-order valence-corrected chi connectivity index (χ2v) is 16.3. The maximum atomic E-state index is 13.0. The number of pyridine rings is 1. The minimum atomic E-state index is -3.85. The highest BCUT2D eigenvalue weighted by Crippen LogP contribution is 2.39. The standard InChI is InChI=1S/C24H30N6O3SSi/c1-17(33-35(6,7)24(2,3)4)19-14-27-30(16-19)22-12-11-20(15-25-22)34(31,32)28-21-10-8-9-18-13-26-29(5)23(18)21/h8-16,28H,1H2,2-7H3. The zero-order chi connectivity index (χ0) is 25.6. The van der Waals surface area contributed by atoms with Crippen molar-refractivity contribution in [3.8, 4) is 5.82 Å². The molecule has 0 aliphatic rings. The van der Waals surface area contributed by atoms with Crippen LogP contribution in [0.4, 0.5) is 5.69 Å². The Morgan fingerprint density at radius 3 is 2.49 bits per heavy atom. The van der Waals surface area contributed by atoms with Crippen molar-refractivity contribution in [2.75, 3.05) is 4.72 Å². The second kappa shape index (κ2) is 8.65. The Balaban J connectivity index is 1.53. The van der Waals surface area contributed by atoms with Crippen LogP contribution in [0.5, 0.6) is 0 Å². The van der Waals surface area contributed by atoms with Crippen molar-refractivity contribution in [1.29, 1.82) is 0 Å². The summed E-state index contributed by atoms with van der Waals surface area (Å²) >= 11 is 0. The Morgan fingerprint density at radius 1 is 1.09 bits per heavy atom. The van der Waals surface area contributed by atoms with E-state index in [9.17, 15) is 8.42 Å². The molecule has 0 aliphatic heterocycles. The topological polar surface area (TPSA) is 104 Å². The molecule has 1 N–H and O–H groups in total. The third-order valence-electron chi connectivity index (χ3n) is 6.36. The van der Waals surface area contributed by atoms with E-state index in [1.54, 1.807) is 53.2 Å². The van der Waals surface area contributed by atoms with E-state index in [1.807, 2.05) is 6.07 Å². The van der Waals surface area contributed by atoms with Crippen LogP contribution in [0.2, 0.25) is 18.1 Å². The van der Waals surface area contributed by atoms with E-state index in [-0.39, 0.29) is 9.93 Å². The van der Waals surface area contributed by atoms with Gasteiger partial charge in [0.2, 0.25) is 8.32 Å². The van der Waals surface area contributed by atoms with Crippen LogP contribution >= 0.6 is 0 Å². The average Bonchev–Trinajstić information content (AvgIpc) is 3.41. The van der Waals surface area contributed by atoms with Crippen molar-refractivity contribution in [2.24, 2.45) is 7.05 Å². The van der Waals surface area contributed by atoms with E-state index in [2.05, 4.69) is 60.3 Å². The van der Waals surface area contributed by atoms with E-state index in [4.69, 9.17) is 4.43 Å². The lowest BCUT2D eigenvalue weighted by atomic mass is 10.2. The monoisotopic (exact) mass is 510 g/mol. The molecule has 0 saturated carbocycles. The van der Waals surface area contributed by atoms with Crippen molar-refractivity contribution in [3.05, 3.63) is 67.3 Å². The van der Waals surface area contributed by atoms with E-state index >= 15 is 0 Å². The quantitative estimate of drug-likeness (QED) is 0.279. The number of fused-ring (bicyclic) bond motifs is 1. The van der Waals surface area contributed by atoms with Gasteiger partial charge in [-0.3, -0.25) is 9.40 Å². The number of aromatic nitrogens is 5. The SMILES string of the molecule is C=C(O[Si](C)(C)C(C)(C)C)c1cnn(-c2ccc(S(=O)(=O)Nc3cccc4cnn(C)c34)cn2)c1. The molecule has 0 amide bonds. The fourth-order valence-corrected chi connectivity index (χ4v) is 5.35. The molecule has 0 unspecified atom stereocenters. The lowest BCUT2D eigenvalue weighted by Gasteiger charge is -2.36. The van der Waals surface area contributed by atoms with Crippen molar-refractivity contribution in [2.45, 2.75) is 43.8 Å². The molecule has 1 aromatic carbocycles. The molecule has 0 radical (unpaired) electrons. The molecule has 0 atom stereocenters. The zero-order valence-electron chi connectivity index (χ0n) is 20.8. The Bertz CT molecular complexity index is 1500. The number of aryl methyl sites for hydroxylation is 1. The van der Waals surface area contributed by atoms with Crippen LogP contribution in [0.25, 0.3) is 22.5 Å². The number of hydrogen-bond donors (Lipinski definition) is 1. The highest BCUT2D eigenvalue weighted by atomic mass is 32.2. The number of rotatable bonds is 7. The minimum absolute atomic E-state index is 0.0403. The van der Waals surface area contributed by atoms with Crippen LogP contribution in [-0.4, -0.2) is 41.3 Å². The number of benzene rings is 1. The van der Waals surface area contributed by atoms with Crippen molar-refractivity contribution in [3.63, 3.8) is 0 Å². The molecule has 9 nitrogen and oxygen atoms in total. The van der Waals surface area contributed by atoms with E-state index in [1.165, 1.54) is 12.3 Å². The van der Waals surface area contributed by atoms with Crippen LogP contribution in [0.1, 0.15) is 26.3 Å². The summed E-state index contributed by atoms with van der Waals surface area (Å²) in [6, 6.07) is 8.46.